The van der Waals surface area contributed by atoms with Crippen LogP contribution in [0.2, 0.25) is 0 Å². The second-order valence-electron chi connectivity index (χ2n) is 2.29. The highest BCUT2D eigenvalue weighted by Crippen LogP contribution is 1.94. The Kier molecular flexibility index (Phi) is 20.1. The zero-order valence-corrected chi connectivity index (χ0v) is 7.22. The molecule has 0 N–H and O–H groups in total. The average Bonchev–Trinajstić information content (AvgIpc) is 1.98. The van der Waals surface area contributed by atoms with E-state index in [1.807, 2.05) is 6.92 Å². The Labute approximate surface area is 78.3 Å². The molecular formula is C10H26O2. The van der Waals surface area contributed by atoms with Crippen LogP contribution in [0, 0.1) is 0 Å². The van der Waals surface area contributed by atoms with Gasteiger partial charge in [0.1, 0.15) is 0 Å². The van der Waals surface area contributed by atoms with Gasteiger partial charge in [-0.15, -0.1) is 0 Å². The van der Waals surface area contributed by atoms with Gasteiger partial charge >= 0.3 is 0 Å². The van der Waals surface area contributed by atoms with Gasteiger partial charge in [0.15, 0.2) is 0 Å². The van der Waals surface area contributed by atoms with Crippen molar-refractivity contribution in [2.45, 2.75) is 48.1 Å². The summed E-state index contributed by atoms with van der Waals surface area (Å²) in [6.07, 6.45) is 1.45. The highest BCUT2D eigenvalue weighted by molar-refractivity contribution is 4.43. The van der Waals surface area contributed by atoms with Crippen molar-refractivity contribution in [3.63, 3.8) is 0 Å². The third-order valence-electron chi connectivity index (χ3n) is 1.41. The third-order valence-corrected chi connectivity index (χ3v) is 1.41. The lowest BCUT2D eigenvalue weighted by Crippen LogP contribution is -2.11. The van der Waals surface area contributed by atoms with E-state index >= 15 is 0 Å². The van der Waals surface area contributed by atoms with E-state index in [9.17, 15) is 0 Å². The molecule has 0 aromatic rings. The van der Waals surface area contributed by atoms with E-state index in [1.165, 1.54) is 0 Å². The van der Waals surface area contributed by atoms with Gasteiger partial charge in [0.25, 0.3) is 0 Å². The summed E-state index contributed by atoms with van der Waals surface area (Å²) in [5, 5.41) is 0. The van der Waals surface area contributed by atoms with Crippen LogP contribution in [0.4, 0.5) is 0 Å². The molecule has 2 nitrogen and oxygen atoms in total. The molecule has 0 aliphatic heterocycles. The quantitative estimate of drug-likeness (QED) is 0.582. The average molecular weight is 178 g/mol. The summed E-state index contributed by atoms with van der Waals surface area (Å²) in [6.45, 7) is 8.41. The number of ether oxygens (including phenoxy) is 2. The standard InChI is InChI=1S/C8H18O2.2CH4/c1-4-8(3)10-7-6-9-5-2;;/h8H,4-7H2,1-3H3;2*1H4. The van der Waals surface area contributed by atoms with Crippen molar-refractivity contribution in [3.8, 4) is 0 Å². The van der Waals surface area contributed by atoms with E-state index in [1.54, 1.807) is 0 Å². The van der Waals surface area contributed by atoms with Gasteiger partial charge in [0.2, 0.25) is 0 Å². The Balaban J connectivity index is -0.000000405. The van der Waals surface area contributed by atoms with Crippen molar-refractivity contribution in [1.29, 1.82) is 0 Å². The van der Waals surface area contributed by atoms with Crippen LogP contribution >= 0.6 is 0 Å². The number of hydrogen-bond donors (Lipinski definition) is 0. The van der Waals surface area contributed by atoms with E-state index in [0.717, 1.165) is 26.2 Å². The molecular weight excluding hydrogens is 152 g/mol. The van der Waals surface area contributed by atoms with E-state index in [4.69, 9.17) is 9.47 Å². The molecule has 0 fully saturated rings. The maximum Gasteiger partial charge on any atom is 0.0704 e. The van der Waals surface area contributed by atoms with Crippen LogP contribution < -0.4 is 0 Å². The van der Waals surface area contributed by atoms with Gasteiger partial charge in [-0.1, -0.05) is 21.8 Å². The van der Waals surface area contributed by atoms with E-state index in [0.29, 0.717) is 6.10 Å². The minimum absolute atomic E-state index is 0. The summed E-state index contributed by atoms with van der Waals surface area (Å²) in [6, 6.07) is 0. The summed E-state index contributed by atoms with van der Waals surface area (Å²) >= 11 is 0. The molecule has 0 saturated heterocycles. The van der Waals surface area contributed by atoms with Gasteiger partial charge in [0, 0.05) is 6.61 Å². The molecule has 0 aromatic carbocycles. The Morgan fingerprint density at radius 3 is 2.08 bits per heavy atom. The van der Waals surface area contributed by atoms with E-state index < -0.39 is 0 Å². The van der Waals surface area contributed by atoms with Crippen molar-refractivity contribution in [2.75, 3.05) is 19.8 Å². The summed E-state index contributed by atoms with van der Waals surface area (Å²) < 4.78 is 10.5. The maximum absolute atomic E-state index is 5.37. The normalized spacial score (nSPS) is 11.2. The monoisotopic (exact) mass is 178 g/mol. The topological polar surface area (TPSA) is 18.5 Å². The predicted octanol–water partition coefficient (Wildman–Crippen LogP) is 3.11. The largest absolute Gasteiger partial charge is 0.379 e. The Bertz CT molecular complexity index is 64.9. The van der Waals surface area contributed by atoms with Crippen molar-refractivity contribution < 1.29 is 9.47 Å². The zero-order valence-electron chi connectivity index (χ0n) is 7.22. The predicted molar refractivity (Wildman–Crippen MR) is 55.7 cm³/mol. The minimum atomic E-state index is 0. The molecule has 0 bridgehead atoms. The lowest BCUT2D eigenvalue weighted by atomic mass is 10.3. The molecule has 0 spiro atoms. The van der Waals surface area contributed by atoms with E-state index in [-0.39, 0.29) is 14.9 Å². The molecule has 0 rings (SSSR count). The first-order valence-electron chi connectivity index (χ1n) is 4.00. The highest BCUT2D eigenvalue weighted by Gasteiger charge is 1.95. The molecule has 1 atom stereocenters. The second-order valence-corrected chi connectivity index (χ2v) is 2.29. The third kappa shape index (κ3) is 12.6. The first kappa shape index (κ1) is 17.9. The minimum Gasteiger partial charge on any atom is -0.379 e. The molecule has 0 aromatic heterocycles. The fourth-order valence-electron chi connectivity index (χ4n) is 0.570. The van der Waals surface area contributed by atoms with Crippen molar-refractivity contribution in [2.24, 2.45) is 0 Å². The Morgan fingerprint density at radius 2 is 1.67 bits per heavy atom. The van der Waals surface area contributed by atoms with Crippen LogP contribution in [0.25, 0.3) is 0 Å². The molecule has 0 radical (unpaired) electrons. The summed E-state index contributed by atoms with van der Waals surface area (Å²) in [5.41, 5.74) is 0. The van der Waals surface area contributed by atoms with Gasteiger partial charge in [-0.05, 0) is 20.3 Å². The fraction of sp³-hybridized carbons (Fsp3) is 1.00. The van der Waals surface area contributed by atoms with Crippen LogP contribution in [0.3, 0.4) is 0 Å². The van der Waals surface area contributed by atoms with Crippen LogP contribution in [0.5, 0.6) is 0 Å². The van der Waals surface area contributed by atoms with Crippen molar-refractivity contribution >= 4 is 0 Å². The lowest BCUT2D eigenvalue weighted by molar-refractivity contribution is 0.0142. The van der Waals surface area contributed by atoms with Gasteiger partial charge in [-0.3, -0.25) is 0 Å². The van der Waals surface area contributed by atoms with Crippen LogP contribution in [-0.2, 0) is 9.47 Å². The second kappa shape index (κ2) is 13.5. The van der Waals surface area contributed by atoms with Crippen LogP contribution in [0.1, 0.15) is 42.0 Å². The first-order valence-corrected chi connectivity index (χ1v) is 4.00. The van der Waals surface area contributed by atoms with Crippen molar-refractivity contribution in [1.82, 2.24) is 0 Å². The smallest absolute Gasteiger partial charge is 0.0704 e. The van der Waals surface area contributed by atoms with Crippen LogP contribution in [0.15, 0.2) is 0 Å². The molecule has 12 heavy (non-hydrogen) atoms. The Morgan fingerprint density at radius 1 is 1.08 bits per heavy atom. The molecule has 1 unspecified atom stereocenters. The first-order chi connectivity index (χ1) is 4.81. The van der Waals surface area contributed by atoms with Gasteiger partial charge < -0.3 is 9.47 Å². The fourth-order valence-corrected chi connectivity index (χ4v) is 0.570. The molecule has 0 aliphatic carbocycles. The van der Waals surface area contributed by atoms with Gasteiger partial charge in [-0.25, -0.2) is 0 Å². The highest BCUT2D eigenvalue weighted by atomic mass is 16.5. The van der Waals surface area contributed by atoms with Gasteiger partial charge in [0.05, 0.1) is 19.3 Å². The van der Waals surface area contributed by atoms with Crippen molar-refractivity contribution in [3.05, 3.63) is 0 Å². The SMILES string of the molecule is C.C.CCOCCOC(C)CC. The van der Waals surface area contributed by atoms with Gasteiger partial charge in [-0.2, -0.15) is 0 Å². The summed E-state index contributed by atoms with van der Waals surface area (Å²) in [4.78, 5) is 0. The number of rotatable bonds is 6. The maximum atomic E-state index is 5.37. The molecule has 78 valence electrons. The Hall–Kier alpha value is -0.0800. The van der Waals surface area contributed by atoms with Crippen LogP contribution in [-0.4, -0.2) is 25.9 Å². The molecule has 0 amide bonds. The summed E-state index contributed by atoms with van der Waals surface area (Å²) in [7, 11) is 0. The molecule has 0 heterocycles. The van der Waals surface area contributed by atoms with E-state index in [2.05, 4.69) is 13.8 Å². The zero-order chi connectivity index (χ0) is 7.82. The molecule has 2 heteroatoms. The lowest BCUT2D eigenvalue weighted by Gasteiger charge is -2.09. The summed E-state index contributed by atoms with van der Waals surface area (Å²) in [5.74, 6) is 0. The number of hydrogen-bond acceptors (Lipinski definition) is 2. The molecule has 0 aliphatic rings. The molecule has 0 saturated carbocycles.